The Bertz CT molecular complexity index is 2510. The van der Waals surface area contributed by atoms with Crippen LogP contribution >= 0.6 is 7.82 Å². The number of aliphatic hydroxyl groups is 4. The maximum atomic E-state index is 15.0. The summed E-state index contributed by atoms with van der Waals surface area (Å²) in [5.41, 5.74) is 0. The molecule has 2 amide bonds. The van der Waals surface area contributed by atoms with Crippen LogP contribution in [0, 0.1) is 0 Å². The minimum absolute atomic E-state index is 0.124. The fraction of sp³-hybridized carbons (Fsp3) is 0.938. The average Bonchev–Trinajstić information content (AvgIpc) is 0.777. The molecule has 24 heteroatoms. The Kier molecular flexibility index (Phi) is 72.2. The number of rotatable bonds is 84. The van der Waals surface area contributed by atoms with Gasteiger partial charge < -0.3 is 74.0 Å². The van der Waals surface area contributed by atoms with Gasteiger partial charge in [-0.25, -0.2) is 4.57 Å². The van der Waals surface area contributed by atoms with Gasteiger partial charge >= 0.3 is 31.7 Å². The lowest BCUT2D eigenvalue weighted by molar-refractivity contribution is -0.297. The molecule has 0 aromatic carbocycles. The van der Waals surface area contributed by atoms with Crippen LogP contribution in [0.1, 0.15) is 485 Å². The molecule has 2 fully saturated rings. The summed E-state index contributed by atoms with van der Waals surface area (Å²) in [4.78, 5) is 106. The summed E-state index contributed by atoms with van der Waals surface area (Å²) in [5.74, 6) is -3.84. The molecule has 0 saturated carbocycles. The smallest absolute Gasteiger partial charge is 0.462 e. The summed E-state index contributed by atoms with van der Waals surface area (Å²) in [7, 11) is -5.58. The summed E-state index contributed by atoms with van der Waals surface area (Å²) >= 11 is 0. The van der Waals surface area contributed by atoms with Crippen molar-refractivity contribution in [2.45, 2.75) is 564 Å². The lowest BCUT2D eigenvalue weighted by Crippen LogP contribution is -2.67. The zero-order valence-electron chi connectivity index (χ0n) is 77.0. The molecule has 1 unspecified atom stereocenters. The number of aliphatic hydroxyl groups excluding tert-OH is 4. The van der Waals surface area contributed by atoms with Gasteiger partial charge in [0.2, 0.25) is 11.8 Å². The van der Waals surface area contributed by atoms with Crippen molar-refractivity contribution in [1.29, 1.82) is 0 Å². The van der Waals surface area contributed by atoms with Gasteiger partial charge in [-0.2, -0.15) is 0 Å². The number of hydrogen-bond acceptors (Lipinski definition) is 19. The molecule has 0 radical (unpaired) electrons. The first-order valence-electron chi connectivity index (χ1n) is 49.9. The minimum atomic E-state index is -5.58. The fourth-order valence-electron chi connectivity index (χ4n) is 16.7. The van der Waals surface area contributed by atoms with E-state index in [0.717, 1.165) is 173 Å². The highest BCUT2D eigenvalue weighted by Crippen LogP contribution is 2.43. The number of phosphoric acid groups is 1. The van der Waals surface area contributed by atoms with Crippen molar-refractivity contribution in [3.63, 3.8) is 0 Å². The van der Waals surface area contributed by atoms with Crippen LogP contribution in [0.4, 0.5) is 0 Å². The highest BCUT2D eigenvalue weighted by molar-refractivity contribution is 7.46. The van der Waals surface area contributed by atoms with E-state index in [-0.39, 0.29) is 32.1 Å². The van der Waals surface area contributed by atoms with Gasteiger partial charge in [0.25, 0.3) is 0 Å². The number of ether oxygens (including phenoxy) is 7. The van der Waals surface area contributed by atoms with Gasteiger partial charge in [-0.15, -0.1) is 0 Å². The van der Waals surface area contributed by atoms with Gasteiger partial charge in [0.15, 0.2) is 18.7 Å². The topological polar surface area (TPSA) is 339 Å². The molecule has 0 aromatic rings. The Balaban J connectivity index is 2.56. The van der Waals surface area contributed by atoms with E-state index in [2.05, 4.69) is 52.2 Å². The second-order valence-corrected chi connectivity index (χ2v) is 36.7. The number of carbonyl (C=O) groups excluding carboxylic acids is 6. The lowest BCUT2D eigenvalue weighted by Gasteiger charge is -2.46. The minimum Gasteiger partial charge on any atom is -0.462 e. The zero-order valence-corrected chi connectivity index (χ0v) is 77.9. The van der Waals surface area contributed by atoms with Gasteiger partial charge in [0.05, 0.1) is 32.5 Å². The van der Waals surface area contributed by atoms with Gasteiger partial charge in [0.1, 0.15) is 60.9 Å². The van der Waals surface area contributed by atoms with Crippen molar-refractivity contribution in [3.8, 4) is 0 Å². The largest absolute Gasteiger partial charge is 0.470 e. The van der Waals surface area contributed by atoms with Crippen LogP contribution in [0.15, 0.2) is 0 Å². The standard InChI is InChI=1S/C96H181N2O21P/c1-7-13-19-25-31-37-39-40-42-48-54-59-65-70-85(102)113-78(67-61-55-49-43-33-27-21-15-9-3)73-83(100)97-89-92(107)91(106)82(116-95(89)108)77-112-96-90(98-84(101)74-79(68-62-56-50-44-34-28-22-16-10-4)114-86(103)71-64-58-52-46-36-30-24-18-12-6)94(93(81(76-99)117-96)119-120(109,110)111)118-88(105)75-80(69-63-57-51-45-35-29-23-17-11-5)115-87(104)72-66-60-53-47-41-38-32-26-20-14-8-2/h78-82,89-96,99,106-108H,7-77H2,1-6H3,(H,97,100)(H,98,101)(H2,109,110,111)/t78-,79-,80-,81-,82-,89-,90-,91-,92-,93-,94-,95?,96-/m1/s1. The second-order valence-electron chi connectivity index (χ2n) is 35.5. The first-order valence-corrected chi connectivity index (χ1v) is 51.4. The first-order chi connectivity index (χ1) is 58.2. The normalized spacial score (nSPS) is 20.2. The molecular weight excluding hydrogens is 1550 g/mol. The van der Waals surface area contributed by atoms with Crippen molar-refractivity contribution in [3.05, 3.63) is 0 Å². The van der Waals surface area contributed by atoms with Gasteiger partial charge in [-0.3, -0.25) is 33.3 Å². The van der Waals surface area contributed by atoms with E-state index < -0.39 is 149 Å². The van der Waals surface area contributed by atoms with E-state index in [1.54, 1.807) is 0 Å². The number of unbranched alkanes of at least 4 members (excludes halogenated alkanes) is 54. The predicted molar refractivity (Wildman–Crippen MR) is 478 cm³/mol. The molecule has 2 rings (SSSR count). The molecule has 0 aromatic heterocycles. The van der Waals surface area contributed by atoms with Crippen molar-refractivity contribution >= 4 is 43.5 Å². The SMILES string of the molecule is CCCCCCCCCCCCCCCC(=O)O[C@H](CCCCCCCCCCC)CC(=O)N[C@H]1C(O)O[C@H](CO[C@@H]2O[C@H](CO)[C@@H](OP(=O)(O)O)[C@H](OC(=O)C[C@@H](CCCCCCCCCCC)OC(=O)CCCCCCCCCCCCC)[C@H]2NC(=O)C[C@@H](CCCCCCCCCCC)OC(=O)CCCCCCCCCCC)[C@@H](O)[C@@H]1O. The Morgan fingerprint density at radius 3 is 0.900 bits per heavy atom. The Hall–Kier alpha value is -3.35. The summed E-state index contributed by atoms with van der Waals surface area (Å²) < 4.78 is 61.4. The quantitative estimate of drug-likeness (QED) is 0.0121. The third kappa shape index (κ3) is 60.3. The highest BCUT2D eigenvalue weighted by Gasteiger charge is 2.53. The van der Waals surface area contributed by atoms with Gasteiger partial charge in [-0.1, -0.05) is 388 Å². The molecule has 13 atom stereocenters. The van der Waals surface area contributed by atoms with Crippen LogP contribution in [0.25, 0.3) is 0 Å². The van der Waals surface area contributed by atoms with E-state index in [1.165, 1.54) is 173 Å². The molecule has 2 aliphatic rings. The number of carbonyl (C=O) groups is 6. The number of phosphoric ester groups is 1. The molecule has 120 heavy (non-hydrogen) atoms. The molecule has 0 spiro atoms. The third-order valence-electron chi connectivity index (χ3n) is 24.1. The number of amides is 2. The molecule has 8 N–H and O–H groups in total. The van der Waals surface area contributed by atoms with Crippen LogP contribution in [0.2, 0.25) is 0 Å². The highest BCUT2D eigenvalue weighted by atomic mass is 31.2. The van der Waals surface area contributed by atoms with Crippen molar-refractivity contribution in [2.75, 3.05) is 13.2 Å². The molecule has 23 nitrogen and oxygen atoms in total. The number of nitrogens with one attached hydrogen (secondary N) is 2. The van der Waals surface area contributed by atoms with Gasteiger partial charge in [-0.05, 0) is 57.8 Å². The summed E-state index contributed by atoms with van der Waals surface area (Å²) in [6.07, 6.45) is 46.8. The summed E-state index contributed by atoms with van der Waals surface area (Å²) in [6.45, 7) is 11.4. The van der Waals surface area contributed by atoms with E-state index >= 15 is 0 Å². The van der Waals surface area contributed by atoms with E-state index in [0.29, 0.717) is 51.4 Å². The van der Waals surface area contributed by atoms with Crippen LogP contribution in [0.5, 0.6) is 0 Å². The number of hydrogen-bond donors (Lipinski definition) is 8. The molecule has 2 saturated heterocycles. The zero-order chi connectivity index (χ0) is 87.7. The summed E-state index contributed by atoms with van der Waals surface area (Å²) in [5, 5.41) is 51.8. The average molecular weight is 1730 g/mol. The Labute approximate surface area is 729 Å². The molecular formula is C96H181N2O21P. The molecule has 0 aliphatic carbocycles. The second kappa shape index (κ2) is 76.8. The molecule has 2 aliphatic heterocycles. The van der Waals surface area contributed by atoms with Crippen LogP contribution in [-0.4, -0.2) is 159 Å². The Morgan fingerprint density at radius 2 is 0.608 bits per heavy atom. The van der Waals surface area contributed by atoms with Crippen molar-refractivity contribution in [2.24, 2.45) is 0 Å². The molecule has 2 heterocycles. The van der Waals surface area contributed by atoms with Gasteiger partial charge in [0, 0.05) is 19.3 Å². The van der Waals surface area contributed by atoms with Crippen LogP contribution in [-0.2, 0) is 71.0 Å². The predicted octanol–water partition coefficient (Wildman–Crippen LogP) is 22.3. The Morgan fingerprint density at radius 1 is 0.333 bits per heavy atom. The number of esters is 4. The van der Waals surface area contributed by atoms with E-state index in [1.807, 2.05) is 0 Å². The van der Waals surface area contributed by atoms with Crippen LogP contribution in [0.3, 0.4) is 0 Å². The maximum absolute atomic E-state index is 15.0. The lowest BCUT2D eigenvalue weighted by atomic mass is 9.95. The maximum Gasteiger partial charge on any atom is 0.470 e. The summed E-state index contributed by atoms with van der Waals surface area (Å²) in [6, 6.07) is -3.37. The fourth-order valence-corrected chi connectivity index (χ4v) is 17.3. The monoisotopic (exact) mass is 1730 g/mol. The third-order valence-corrected chi connectivity index (χ3v) is 24.6. The molecule has 706 valence electrons. The molecule has 0 bridgehead atoms. The first kappa shape index (κ1) is 113. The van der Waals surface area contributed by atoms with Crippen LogP contribution < -0.4 is 10.6 Å². The van der Waals surface area contributed by atoms with Crippen molar-refractivity contribution in [1.82, 2.24) is 10.6 Å². The van der Waals surface area contributed by atoms with E-state index in [4.69, 9.17) is 37.7 Å². The van der Waals surface area contributed by atoms with Crippen molar-refractivity contribution < 1.29 is 101 Å². The van der Waals surface area contributed by atoms with E-state index in [9.17, 15) is 63.5 Å².